The van der Waals surface area contributed by atoms with Crippen molar-refractivity contribution in [3.8, 4) is 11.4 Å². The van der Waals surface area contributed by atoms with E-state index in [0.29, 0.717) is 21.4 Å². The van der Waals surface area contributed by atoms with Gasteiger partial charge in [-0.25, -0.2) is 9.97 Å². The molecule has 0 unspecified atom stereocenters. The van der Waals surface area contributed by atoms with Crippen LogP contribution >= 0.6 is 23.2 Å². The maximum atomic E-state index is 6.23. The number of hydrogen-bond donors (Lipinski definition) is 0. The lowest BCUT2D eigenvalue weighted by molar-refractivity contribution is 1.21. The smallest absolute Gasteiger partial charge is 0.161 e. The second-order valence-corrected chi connectivity index (χ2v) is 5.05. The molecule has 0 radical (unpaired) electrons. The maximum absolute atomic E-state index is 6.23. The summed E-state index contributed by atoms with van der Waals surface area (Å²) in [4.78, 5) is 8.91. The largest absolute Gasteiger partial charge is 0.228 e. The first kappa shape index (κ1) is 12.4. The molecule has 0 N–H and O–H groups in total. The van der Waals surface area contributed by atoms with E-state index < -0.39 is 0 Å². The third-order valence-electron chi connectivity index (χ3n) is 3.01. The van der Waals surface area contributed by atoms with Gasteiger partial charge >= 0.3 is 0 Å². The minimum Gasteiger partial charge on any atom is -0.228 e. The topological polar surface area (TPSA) is 25.8 Å². The van der Waals surface area contributed by atoms with Gasteiger partial charge in [-0.3, -0.25) is 0 Å². The van der Waals surface area contributed by atoms with Crippen LogP contribution in [0.4, 0.5) is 0 Å². The van der Waals surface area contributed by atoms with Crippen molar-refractivity contribution in [1.29, 1.82) is 0 Å². The van der Waals surface area contributed by atoms with E-state index in [1.54, 1.807) is 6.07 Å². The van der Waals surface area contributed by atoms with Gasteiger partial charge in [-0.15, -0.1) is 0 Å². The highest BCUT2D eigenvalue weighted by Gasteiger charge is 2.11. The summed E-state index contributed by atoms with van der Waals surface area (Å²) in [6.07, 6.45) is 0. The second kappa shape index (κ2) is 4.80. The van der Waals surface area contributed by atoms with E-state index in [1.165, 1.54) is 0 Å². The number of halogens is 2. The minimum atomic E-state index is 0.383. The average molecular weight is 289 g/mol. The van der Waals surface area contributed by atoms with Crippen LogP contribution in [0.2, 0.25) is 10.2 Å². The number of nitrogens with zero attached hydrogens (tertiary/aromatic N) is 2. The fourth-order valence-corrected chi connectivity index (χ4v) is 2.63. The molecule has 0 aliphatic rings. The molecule has 3 rings (SSSR count). The van der Waals surface area contributed by atoms with Crippen LogP contribution in [-0.4, -0.2) is 9.97 Å². The normalized spacial score (nSPS) is 10.9. The molecule has 0 spiro atoms. The van der Waals surface area contributed by atoms with E-state index in [2.05, 4.69) is 9.97 Å². The summed E-state index contributed by atoms with van der Waals surface area (Å²) in [7, 11) is 0. The van der Waals surface area contributed by atoms with Crippen LogP contribution in [0, 0.1) is 6.92 Å². The first-order chi connectivity index (χ1) is 9.16. The van der Waals surface area contributed by atoms with Crippen LogP contribution in [0.5, 0.6) is 0 Å². The van der Waals surface area contributed by atoms with Gasteiger partial charge in [0.2, 0.25) is 0 Å². The highest BCUT2D eigenvalue weighted by Crippen LogP contribution is 2.30. The van der Waals surface area contributed by atoms with Crippen molar-refractivity contribution in [1.82, 2.24) is 9.97 Å². The molecule has 3 aromatic rings. The van der Waals surface area contributed by atoms with Gasteiger partial charge in [0.05, 0.1) is 15.9 Å². The van der Waals surface area contributed by atoms with Crippen LogP contribution in [0.1, 0.15) is 5.56 Å². The lowest BCUT2D eigenvalue weighted by Crippen LogP contribution is -1.94. The number of hydrogen-bond acceptors (Lipinski definition) is 2. The fourth-order valence-electron chi connectivity index (χ4n) is 2.04. The van der Waals surface area contributed by atoms with E-state index in [1.807, 2.05) is 43.3 Å². The maximum Gasteiger partial charge on any atom is 0.161 e. The van der Waals surface area contributed by atoms with E-state index in [-0.39, 0.29) is 0 Å². The van der Waals surface area contributed by atoms with Crippen molar-refractivity contribution in [2.24, 2.45) is 0 Å². The Bertz CT molecular complexity index is 769. The summed E-state index contributed by atoms with van der Waals surface area (Å²) < 4.78 is 0. The number of fused-ring (bicyclic) bond motifs is 1. The zero-order valence-electron chi connectivity index (χ0n) is 10.2. The van der Waals surface area contributed by atoms with Gasteiger partial charge in [-0.1, -0.05) is 53.5 Å². The molecule has 0 bridgehead atoms. The first-order valence-corrected chi connectivity index (χ1v) is 6.60. The molecule has 0 fully saturated rings. The number of rotatable bonds is 1. The Kier molecular flexibility index (Phi) is 3.13. The number of benzene rings is 2. The Labute approximate surface area is 121 Å². The Morgan fingerprint density at radius 1 is 0.895 bits per heavy atom. The van der Waals surface area contributed by atoms with Crippen LogP contribution in [0.25, 0.3) is 22.3 Å². The van der Waals surface area contributed by atoms with Gasteiger partial charge in [-0.2, -0.15) is 0 Å². The number of aromatic nitrogens is 2. The van der Waals surface area contributed by atoms with Gasteiger partial charge in [-0.05, 0) is 24.6 Å². The zero-order valence-corrected chi connectivity index (χ0v) is 11.7. The van der Waals surface area contributed by atoms with Gasteiger partial charge in [0.1, 0.15) is 5.15 Å². The lowest BCUT2D eigenvalue weighted by Gasteiger charge is -2.07. The predicted molar refractivity (Wildman–Crippen MR) is 79.7 cm³/mol. The van der Waals surface area contributed by atoms with Gasteiger partial charge in [0.25, 0.3) is 0 Å². The SMILES string of the molecule is Cc1ccccc1-c1nc(Cl)c2c(Cl)cccc2n1. The van der Waals surface area contributed by atoms with Crippen molar-refractivity contribution >= 4 is 34.1 Å². The standard InChI is InChI=1S/C15H10Cl2N2/c1-9-5-2-3-6-10(9)15-18-12-8-4-7-11(16)13(12)14(17)19-15/h2-8H,1H3. The van der Waals surface area contributed by atoms with E-state index in [0.717, 1.165) is 16.6 Å². The summed E-state index contributed by atoms with van der Waals surface area (Å²) in [6.45, 7) is 2.02. The summed E-state index contributed by atoms with van der Waals surface area (Å²) in [5.41, 5.74) is 2.84. The first-order valence-electron chi connectivity index (χ1n) is 5.84. The lowest BCUT2D eigenvalue weighted by atomic mass is 10.1. The van der Waals surface area contributed by atoms with Crippen molar-refractivity contribution in [3.05, 3.63) is 58.2 Å². The molecule has 0 aliphatic carbocycles. The summed E-state index contributed by atoms with van der Waals surface area (Å²) >= 11 is 12.4. The summed E-state index contributed by atoms with van der Waals surface area (Å²) in [6, 6.07) is 13.5. The Morgan fingerprint density at radius 3 is 2.47 bits per heavy atom. The fraction of sp³-hybridized carbons (Fsp3) is 0.0667. The quantitative estimate of drug-likeness (QED) is 0.595. The molecule has 94 valence electrons. The molecule has 0 saturated heterocycles. The van der Waals surface area contributed by atoms with Crippen molar-refractivity contribution in [2.45, 2.75) is 6.92 Å². The highest BCUT2D eigenvalue weighted by atomic mass is 35.5. The molecular formula is C15H10Cl2N2. The monoisotopic (exact) mass is 288 g/mol. The van der Waals surface area contributed by atoms with Crippen LogP contribution in [0.15, 0.2) is 42.5 Å². The van der Waals surface area contributed by atoms with Crippen LogP contribution in [-0.2, 0) is 0 Å². The molecule has 0 saturated carbocycles. The van der Waals surface area contributed by atoms with Gasteiger partial charge in [0.15, 0.2) is 5.82 Å². The van der Waals surface area contributed by atoms with Crippen LogP contribution < -0.4 is 0 Å². The summed E-state index contributed by atoms with van der Waals surface area (Å²) in [5.74, 6) is 0.623. The Hall–Kier alpha value is -1.64. The average Bonchev–Trinajstić information content (AvgIpc) is 2.39. The highest BCUT2D eigenvalue weighted by molar-refractivity contribution is 6.41. The van der Waals surface area contributed by atoms with Gasteiger partial charge in [0, 0.05) is 5.56 Å². The van der Waals surface area contributed by atoms with E-state index in [4.69, 9.17) is 23.2 Å². The van der Waals surface area contributed by atoms with Crippen molar-refractivity contribution < 1.29 is 0 Å². The molecule has 0 aliphatic heterocycles. The zero-order chi connectivity index (χ0) is 13.4. The molecule has 1 heterocycles. The van der Waals surface area contributed by atoms with Gasteiger partial charge < -0.3 is 0 Å². The molecule has 0 amide bonds. The molecule has 2 nitrogen and oxygen atoms in total. The molecule has 19 heavy (non-hydrogen) atoms. The predicted octanol–water partition coefficient (Wildman–Crippen LogP) is 4.91. The molecule has 4 heteroatoms. The Morgan fingerprint density at radius 2 is 1.68 bits per heavy atom. The van der Waals surface area contributed by atoms with Crippen molar-refractivity contribution in [2.75, 3.05) is 0 Å². The third kappa shape index (κ3) is 2.18. The third-order valence-corrected chi connectivity index (χ3v) is 3.60. The van der Waals surface area contributed by atoms with E-state index in [9.17, 15) is 0 Å². The molecular weight excluding hydrogens is 279 g/mol. The minimum absolute atomic E-state index is 0.383. The van der Waals surface area contributed by atoms with Crippen molar-refractivity contribution in [3.63, 3.8) is 0 Å². The molecule has 1 aromatic heterocycles. The summed E-state index contributed by atoms with van der Waals surface area (Å²) in [5, 5.41) is 1.65. The molecule has 0 atom stereocenters. The van der Waals surface area contributed by atoms with Crippen LogP contribution in [0.3, 0.4) is 0 Å². The number of aryl methyl sites for hydroxylation is 1. The molecule has 2 aromatic carbocycles. The van der Waals surface area contributed by atoms with E-state index >= 15 is 0 Å². The second-order valence-electron chi connectivity index (χ2n) is 4.29. The Balaban J connectivity index is 2.31.